The summed E-state index contributed by atoms with van der Waals surface area (Å²) in [4.78, 5) is 38.4. The van der Waals surface area contributed by atoms with Gasteiger partial charge in [0.25, 0.3) is 17.1 Å². The normalized spacial score (nSPS) is 27.6. The van der Waals surface area contributed by atoms with Crippen molar-refractivity contribution in [1.82, 2.24) is 5.32 Å². The zero-order valence-corrected chi connectivity index (χ0v) is 14.2. The van der Waals surface area contributed by atoms with Gasteiger partial charge >= 0.3 is 0 Å². The van der Waals surface area contributed by atoms with Gasteiger partial charge in [0.15, 0.2) is 0 Å². The van der Waals surface area contributed by atoms with Gasteiger partial charge in [-0.1, -0.05) is 6.92 Å². The van der Waals surface area contributed by atoms with E-state index in [9.17, 15) is 18.8 Å². The lowest BCUT2D eigenvalue weighted by Gasteiger charge is -2.43. The molecule has 24 heavy (non-hydrogen) atoms. The van der Waals surface area contributed by atoms with Crippen molar-refractivity contribution in [1.29, 1.82) is 0 Å². The number of thioether (sulfide) groups is 1. The summed E-state index contributed by atoms with van der Waals surface area (Å²) >= 11 is 0.694. The third-order valence-corrected chi connectivity index (χ3v) is 5.68. The van der Waals surface area contributed by atoms with Crippen molar-refractivity contribution >= 4 is 40.1 Å². The molecule has 0 aromatic heterocycles. The van der Waals surface area contributed by atoms with E-state index in [2.05, 4.69) is 5.32 Å². The number of amides is 3. The second-order valence-corrected chi connectivity index (χ2v) is 7.98. The molecule has 3 aliphatic rings. The van der Waals surface area contributed by atoms with Crippen molar-refractivity contribution in [2.24, 2.45) is 0 Å². The van der Waals surface area contributed by atoms with Gasteiger partial charge in [-0.05, 0) is 55.6 Å². The maximum Gasteiger partial charge on any atom is 0.290 e. The lowest BCUT2D eigenvalue weighted by Crippen LogP contribution is -2.49. The third-order valence-electron chi connectivity index (χ3n) is 4.80. The van der Waals surface area contributed by atoms with Gasteiger partial charge in [-0.25, -0.2) is 4.39 Å². The smallest absolute Gasteiger partial charge is 0.290 e. The molecule has 1 aromatic carbocycles. The van der Waals surface area contributed by atoms with Crippen LogP contribution in [-0.2, 0) is 9.59 Å². The van der Waals surface area contributed by atoms with E-state index in [4.69, 9.17) is 0 Å². The van der Waals surface area contributed by atoms with Crippen molar-refractivity contribution in [3.8, 4) is 0 Å². The molecule has 1 aromatic rings. The number of nitrogens with one attached hydrogen (secondary N) is 1. The number of carbonyl (C=O) groups excluding carboxylic acids is 3. The first kappa shape index (κ1) is 15.4. The van der Waals surface area contributed by atoms with Gasteiger partial charge in [-0.2, -0.15) is 0 Å². The van der Waals surface area contributed by atoms with Gasteiger partial charge in [0.05, 0.1) is 16.2 Å². The summed E-state index contributed by atoms with van der Waals surface area (Å²) < 4.78 is 14.2. The minimum absolute atomic E-state index is 0.0515. The molecule has 1 N–H and O–H groups in total. The zero-order chi connectivity index (χ0) is 17.4. The molecule has 0 aliphatic carbocycles. The summed E-state index contributed by atoms with van der Waals surface area (Å²) in [6, 6.07) is 2.74. The van der Waals surface area contributed by atoms with Crippen LogP contribution in [0.1, 0.15) is 44.2 Å². The second kappa shape index (κ2) is 4.69. The first-order chi connectivity index (χ1) is 11.2. The molecule has 5 nitrogen and oxygen atoms in total. The van der Waals surface area contributed by atoms with Crippen LogP contribution in [0.5, 0.6) is 0 Å². The first-order valence-corrected chi connectivity index (χ1v) is 8.48. The van der Waals surface area contributed by atoms with Crippen LogP contribution in [0.2, 0.25) is 0 Å². The van der Waals surface area contributed by atoms with E-state index in [0.29, 0.717) is 29.4 Å². The fourth-order valence-corrected chi connectivity index (χ4v) is 4.76. The molecule has 124 valence electrons. The summed E-state index contributed by atoms with van der Waals surface area (Å²) in [5.74, 6) is -1.31. The highest BCUT2D eigenvalue weighted by molar-refractivity contribution is 8.18. The quantitative estimate of drug-likeness (QED) is 0.733. The van der Waals surface area contributed by atoms with Gasteiger partial charge in [-0.3, -0.25) is 19.7 Å². The van der Waals surface area contributed by atoms with Crippen LogP contribution in [0.3, 0.4) is 0 Å². The molecular weight excluding hydrogens is 331 g/mol. The van der Waals surface area contributed by atoms with Crippen LogP contribution in [0, 0.1) is 5.82 Å². The predicted molar refractivity (Wildman–Crippen MR) is 89.0 cm³/mol. The van der Waals surface area contributed by atoms with Gasteiger partial charge in [0.1, 0.15) is 5.82 Å². The Balaban J connectivity index is 2.06. The summed E-state index contributed by atoms with van der Waals surface area (Å²) in [6.45, 7) is 5.92. The maximum atomic E-state index is 14.2. The number of hydrogen-bond acceptors (Lipinski definition) is 4. The number of nitrogens with zero attached hydrogens (tertiary/aromatic N) is 1. The van der Waals surface area contributed by atoms with Crippen LogP contribution in [0.4, 0.5) is 14.9 Å². The minimum Gasteiger partial charge on any atom is -0.302 e. The maximum absolute atomic E-state index is 14.2. The van der Waals surface area contributed by atoms with E-state index >= 15 is 0 Å². The number of anilines is 1. The number of benzene rings is 1. The molecular formula is C17H15FN2O3S. The van der Waals surface area contributed by atoms with Crippen LogP contribution in [0.15, 0.2) is 17.0 Å². The highest BCUT2D eigenvalue weighted by Gasteiger charge is 2.49. The van der Waals surface area contributed by atoms with E-state index in [1.165, 1.54) is 12.1 Å². The van der Waals surface area contributed by atoms with E-state index in [1.54, 1.807) is 4.90 Å². The Kier molecular flexibility index (Phi) is 3.01. The standard InChI is InChI=1S/C17H15FN2O3S/c1-7-6-17(2,3)20-12-9(7)4-8(18)5-10(12)11(15(20)22)13-14(21)19-16(23)24-13/h4-5,7H,6H2,1-3H3,(H,19,21,23). The molecule has 0 spiro atoms. The fraction of sp³-hybridized carbons (Fsp3) is 0.353. The summed E-state index contributed by atoms with van der Waals surface area (Å²) in [5.41, 5.74) is 1.51. The molecule has 3 heterocycles. The molecule has 4 rings (SSSR count). The lowest BCUT2D eigenvalue weighted by atomic mass is 9.80. The van der Waals surface area contributed by atoms with Crippen molar-refractivity contribution in [3.05, 3.63) is 34.0 Å². The Morgan fingerprint density at radius 2 is 2.00 bits per heavy atom. The van der Waals surface area contributed by atoms with E-state index in [0.717, 1.165) is 5.56 Å². The number of halogens is 1. The van der Waals surface area contributed by atoms with Crippen molar-refractivity contribution in [2.75, 3.05) is 4.90 Å². The average molecular weight is 346 g/mol. The summed E-state index contributed by atoms with van der Waals surface area (Å²) in [5, 5.41) is 1.65. The Labute approximate surface area is 142 Å². The second-order valence-electron chi connectivity index (χ2n) is 7.00. The van der Waals surface area contributed by atoms with E-state index in [-0.39, 0.29) is 22.3 Å². The van der Waals surface area contributed by atoms with Crippen molar-refractivity contribution < 1.29 is 18.8 Å². The van der Waals surface area contributed by atoms with Crippen LogP contribution in [0.25, 0.3) is 5.57 Å². The Bertz CT molecular complexity index is 875. The SMILES string of the molecule is CC1CC(C)(C)N2C(=O)C(=C3SC(=O)NC3=O)c3cc(F)cc1c32. The molecule has 3 aliphatic heterocycles. The van der Waals surface area contributed by atoms with Crippen LogP contribution in [-0.4, -0.2) is 22.6 Å². The molecule has 0 saturated carbocycles. The Hall–Kier alpha value is -2.15. The molecule has 1 atom stereocenters. The molecule has 1 fully saturated rings. The largest absolute Gasteiger partial charge is 0.302 e. The van der Waals surface area contributed by atoms with Crippen LogP contribution < -0.4 is 10.2 Å². The van der Waals surface area contributed by atoms with Crippen molar-refractivity contribution in [3.63, 3.8) is 0 Å². The molecule has 0 radical (unpaired) electrons. The lowest BCUT2D eigenvalue weighted by molar-refractivity contribution is -0.116. The van der Waals surface area contributed by atoms with Gasteiger partial charge < -0.3 is 4.90 Å². The van der Waals surface area contributed by atoms with Gasteiger partial charge in [0.2, 0.25) is 0 Å². The average Bonchev–Trinajstić information content (AvgIpc) is 2.92. The molecule has 1 unspecified atom stereocenters. The number of imide groups is 1. The number of carbonyl (C=O) groups is 3. The third kappa shape index (κ3) is 1.90. The Morgan fingerprint density at radius 1 is 1.29 bits per heavy atom. The first-order valence-electron chi connectivity index (χ1n) is 7.66. The van der Waals surface area contributed by atoms with Crippen molar-refractivity contribution in [2.45, 2.75) is 38.6 Å². The monoisotopic (exact) mass is 346 g/mol. The van der Waals surface area contributed by atoms with E-state index in [1.807, 2.05) is 20.8 Å². The highest BCUT2D eigenvalue weighted by atomic mass is 32.2. The van der Waals surface area contributed by atoms with Gasteiger partial charge in [-0.15, -0.1) is 0 Å². The minimum atomic E-state index is -0.600. The Morgan fingerprint density at radius 3 is 2.62 bits per heavy atom. The molecule has 3 amide bonds. The predicted octanol–water partition coefficient (Wildman–Crippen LogP) is 3.15. The number of rotatable bonds is 0. The molecule has 7 heteroatoms. The number of hydrogen-bond donors (Lipinski definition) is 1. The highest BCUT2D eigenvalue weighted by Crippen LogP contribution is 2.53. The molecule has 0 bridgehead atoms. The van der Waals surface area contributed by atoms with E-state index < -0.39 is 22.5 Å². The zero-order valence-electron chi connectivity index (χ0n) is 13.4. The molecule has 1 saturated heterocycles. The van der Waals surface area contributed by atoms with Crippen LogP contribution >= 0.6 is 11.8 Å². The topological polar surface area (TPSA) is 66.5 Å². The summed E-state index contributed by atoms with van der Waals surface area (Å²) in [6.07, 6.45) is 0.690. The summed E-state index contributed by atoms with van der Waals surface area (Å²) in [7, 11) is 0. The fourth-order valence-electron chi connectivity index (χ4n) is 3.99. The van der Waals surface area contributed by atoms with Gasteiger partial charge in [0, 0.05) is 11.1 Å².